The van der Waals surface area contributed by atoms with Crippen LogP contribution in [0.3, 0.4) is 0 Å². The van der Waals surface area contributed by atoms with Gasteiger partial charge in [-0.15, -0.1) is 0 Å². The molecule has 0 amide bonds. The molecule has 0 aliphatic rings. The zero-order valence-corrected chi connectivity index (χ0v) is 11.1. The summed E-state index contributed by atoms with van der Waals surface area (Å²) in [6.07, 6.45) is 0. The van der Waals surface area contributed by atoms with E-state index in [1.807, 2.05) is 54.6 Å². The van der Waals surface area contributed by atoms with Crippen molar-refractivity contribution >= 4 is 0 Å². The Bertz CT molecular complexity index is 405. The third-order valence-corrected chi connectivity index (χ3v) is 1.84. The zero-order chi connectivity index (χ0) is 9.64. The van der Waals surface area contributed by atoms with Gasteiger partial charge < -0.3 is 0 Å². The molecule has 0 saturated heterocycles. The van der Waals surface area contributed by atoms with Crippen molar-refractivity contribution in [2.24, 2.45) is 0 Å². The van der Waals surface area contributed by atoms with Crippen LogP contribution in [-0.2, 0) is 32.7 Å². The predicted molar refractivity (Wildman–Crippen MR) is 57.7 cm³/mol. The fourth-order valence-electron chi connectivity index (χ4n) is 1.14. The van der Waals surface area contributed by atoms with Crippen LogP contribution < -0.4 is 0 Å². The number of hydrogen-bond acceptors (Lipinski definition) is 0. The molecule has 2 aromatic carbocycles. The third-order valence-electron chi connectivity index (χ3n) is 1.84. The Morgan fingerprint density at radius 1 is 0.733 bits per heavy atom. The molecule has 0 bridgehead atoms. The topological polar surface area (TPSA) is 0 Å². The molecule has 0 fully saturated rings. The van der Waals surface area contributed by atoms with E-state index in [1.54, 1.807) is 0 Å². The van der Waals surface area contributed by atoms with E-state index in [1.165, 1.54) is 0 Å². The van der Waals surface area contributed by atoms with E-state index in [2.05, 4.69) is 17.9 Å². The Labute approximate surface area is 116 Å². The van der Waals surface area contributed by atoms with Gasteiger partial charge in [-0.3, -0.25) is 0 Å². The number of rotatable bonds is 0. The molecule has 1 radical (unpaired) electrons. The van der Waals surface area contributed by atoms with E-state index >= 15 is 0 Å². The molecule has 0 nitrogen and oxygen atoms in total. The van der Waals surface area contributed by atoms with Crippen molar-refractivity contribution in [1.82, 2.24) is 0 Å². The van der Waals surface area contributed by atoms with E-state index in [0.717, 1.165) is 11.1 Å². The number of hydrogen-bond donors (Lipinski definition) is 0. The molecule has 69 valence electrons. The first-order valence-electron chi connectivity index (χ1n) is 4.48. The standard InChI is InChI=1S/C14H9.Y/c1-3-7-13(8-4-1)11-12-14-9-5-2-6-10-14;/h1,3-10H;/q-1;. The normalized spacial score (nSPS) is 8.27. The first kappa shape index (κ1) is 12.2. The predicted octanol–water partition coefficient (Wildman–Crippen LogP) is 2.88. The van der Waals surface area contributed by atoms with Crippen LogP contribution in [0.4, 0.5) is 0 Å². The molecule has 1 heteroatoms. The second-order valence-electron chi connectivity index (χ2n) is 2.90. The maximum absolute atomic E-state index is 3.10. The van der Waals surface area contributed by atoms with Crippen molar-refractivity contribution in [3.63, 3.8) is 0 Å². The van der Waals surface area contributed by atoms with Gasteiger partial charge in [-0.25, -0.2) is 0 Å². The van der Waals surface area contributed by atoms with E-state index in [4.69, 9.17) is 0 Å². The van der Waals surface area contributed by atoms with Gasteiger partial charge in [-0.05, 0) is 12.1 Å². The van der Waals surface area contributed by atoms with Crippen LogP contribution in [0, 0.1) is 17.9 Å². The minimum absolute atomic E-state index is 0. The summed E-state index contributed by atoms with van der Waals surface area (Å²) in [6, 6.07) is 20.6. The van der Waals surface area contributed by atoms with Gasteiger partial charge in [0.1, 0.15) is 0 Å². The van der Waals surface area contributed by atoms with Gasteiger partial charge in [-0.2, -0.15) is 30.3 Å². The van der Waals surface area contributed by atoms with Crippen molar-refractivity contribution in [1.29, 1.82) is 0 Å². The molecule has 0 aromatic heterocycles. The summed E-state index contributed by atoms with van der Waals surface area (Å²) in [5.41, 5.74) is 2.06. The minimum Gasteiger partial charge on any atom is -0.184 e. The fourth-order valence-corrected chi connectivity index (χ4v) is 1.14. The Kier molecular flexibility index (Phi) is 5.33. The molecule has 2 aromatic rings. The Morgan fingerprint density at radius 3 is 1.87 bits per heavy atom. The molecule has 0 unspecified atom stereocenters. The van der Waals surface area contributed by atoms with Crippen molar-refractivity contribution in [2.75, 3.05) is 0 Å². The second-order valence-corrected chi connectivity index (χ2v) is 2.90. The monoisotopic (exact) mass is 266 g/mol. The van der Waals surface area contributed by atoms with Crippen molar-refractivity contribution < 1.29 is 32.7 Å². The molecular weight excluding hydrogens is 257 g/mol. The molecule has 0 heterocycles. The van der Waals surface area contributed by atoms with E-state index in [-0.39, 0.29) is 32.7 Å². The van der Waals surface area contributed by atoms with E-state index < -0.39 is 0 Å². The fraction of sp³-hybridized carbons (Fsp3) is 0. The molecule has 0 atom stereocenters. The smallest absolute Gasteiger partial charge is 0.0248 e. The Hall–Kier alpha value is -0.896. The maximum atomic E-state index is 3.10. The van der Waals surface area contributed by atoms with Crippen LogP contribution in [0.15, 0.2) is 54.6 Å². The first-order chi connectivity index (χ1) is 6.95. The molecular formula is C14H9Y-. The van der Waals surface area contributed by atoms with E-state index in [9.17, 15) is 0 Å². The van der Waals surface area contributed by atoms with Crippen LogP contribution in [0.1, 0.15) is 11.1 Å². The summed E-state index contributed by atoms with van der Waals surface area (Å²) in [4.78, 5) is 0. The SMILES string of the molecule is C(#Cc1ccccc1)c1cc[c-]cc1.[Y]. The van der Waals surface area contributed by atoms with Gasteiger partial charge in [0.2, 0.25) is 0 Å². The largest absolute Gasteiger partial charge is 0.184 e. The van der Waals surface area contributed by atoms with Crippen LogP contribution in [0.25, 0.3) is 0 Å². The zero-order valence-electron chi connectivity index (χ0n) is 8.27. The van der Waals surface area contributed by atoms with Gasteiger partial charge in [0, 0.05) is 38.3 Å². The molecule has 15 heavy (non-hydrogen) atoms. The van der Waals surface area contributed by atoms with Crippen molar-refractivity contribution in [2.45, 2.75) is 0 Å². The number of benzene rings is 2. The molecule has 0 aliphatic carbocycles. The van der Waals surface area contributed by atoms with Crippen LogP contribution in [0.2, 0.25) is 0 Å². The van der Waals surface area contributed by atoms with Gasteiger partial charge >= 0.3 is 0 Å². The summed E-state index contributed by atoms with van der Waals surface area (Å²) in [7, 11) is 0. The van der Waals surface area contributed by atoms with Crippen LogP contribution >= 0.6 is 0 Å². The van der Waals surface area contributed by atoms with Gasteiger partial charge in [0.05, 0.1) is 0 Å². The molecule has 0 saturated carbocycles. The van der Waals surface area contributed by atoms with Crippen molar-refractivity contribution in [3.8, 4) is 11.8 Å². The molecule has 0 aliphatic heterocycles. The molecule has 0 spiro atoms. The minimum atomic E-state index is 0. The second kappa shape index (κ2) is 6.56. The Balaban J connectivity index is 0.00000112. The van der Waals surface area contributed by atoms with Crippen LogP contribution in [-0.4, -0.2) is 0 Å². The summed E-state index contributed by atoms with van der Waals surface area (Å²) >= 11 is 0. The summed E-state index contributed by atoms with van der Waals surface area (Å²) < 4.78 is 0. The summed E-state index contributed by atoms with van der Waals surface area (Å²) in [5, 5.41) is 0. The quantitative estimate of drug-likeness (QED) is 0.508. The average molecular weight is 266 g/mol. The average Bonchev–Trinajstić information content (AvgIpc) is 2.29. The van der Waals surface area contributed by atoms with Crippen molar-refractivity contribution in [3.05, 3.63) is 71.8 Å². The molecule has 0 N–H and O–H groups in total. The Morgan fingerprint density at radius 2 is 1.27 bits per heavy atom. The van der Waals surface area contributed by atoms with Crippen LogP contribution in [0.5, 0.6) is 0 Å². The van der Waals surface area contributed by atoms with Gasteiger partial charge in [0.25, 0.3) is 0 Å². The van der Waals surface area contributed by atoms with Gasteiger partial charge in [-0.1, -0.05) is 35.6 Å². The summed E-state index contributed by atoms with van der Waals surface area (Å²) in [5.74, 6) is 6.19. The third kappa shape index (κ3) is 4.00. The van der Waals surface area contributed by atoms with E-state index in [0.29, 0.717) is 0 Å². The summed E-state index contributed by atoms with van der Waals surface area (Å²) in [6.45, 7) is 0. The maximum Gasteiger partial charge on any atom is 0.0248 e. The van der Waals surface area contributed by atoms with Gasteiger partial charge in [0.15, 0.2) is 0 Å². The molecule has 2 rings (SSSR count). The first-order valence-corrected chi connectivity index (χ1v) is 4.48.